The number of hydrogen-bond acceptors (Lipinski definition) is 3. The van der Waals surface area contributed by atoms with Crippen molar-refractivity contribution in [2.45, 2.75) is 26.7 Å². The molecule has 4 heteroatoms. The largest absolute Gasteiger partial charge is 0.436 e. The zero-order valence-electron chi connectivity index (χ0n) is 14.6. The maximum Gasteiger partial charge on any atom is 0.252 e. The van der Waals surface area contributed by atoms with E-state index in [4.69, 9.17) is 4.42 Å². The van der Waals surface area contributed by atoms with Gasteiger partial charge in [0.05, 0.1) is 11.8 Å². The lowest BCUT2D eigenvalue weighted by molar-refractivity contribution is 0.0953. The number of benzene rings is 2. The topological polar surface area (TPSA) is 55.1 Å². The molecule has 0 bridgehead atoms. The second-order valence-corrected chi connectivity index (χ2v) is 6.05. The Balaban J connectivity index is 1.87. The number of nitrogens with zero attached hydrogens (tertiary/aromatic N) is 1. The number of carbonyl (C=O) groups excluding carboxylic acids is 1. The summed E-state index contributed by atoms with van der Waals surface area (Å²) in [6.07, 6.45) is 3.71. The van der Waals surface area contributed by atoms with Crippen molar-refractivity contribution < 1.29 is 9.21 Å². The van der Waals surface area contributed by atoms with E-state index in [0.717, 1.165) is 18.4 Å². The Morgan fingerprint density at radius 2 is 1.88 bits per heavy atom. The van der Waals surface area contributed by atoms with Crippen molar-refractivity contribution in [1.29, 1.82) is 0 Å². The van der Waals surface area contributed by atoms with Gasteiger partial charge < -0.3 is 9.73 Å². The summed E-state index contributed by atoms with van der Waals surface area (Å²) in [5.74, 6) is 1.05. The van der Waals surface area contributed by atoms with Crippen molar-refractivity contribution in [3.63, 3.8) is 0 Å². The molecule has 0 aliphatic heterocycles. The fourth-order valence-corrected chi connectivity index (χ4v) is 2.59. The number of nitrogens with one attached hydrogen (secondary N) is 1. The van der Waals surface area contributed by atoms with Crippen molar-refractivity contribution >= 4 is 5.91 Å². The van der Waals surface area contributed by atoms with Crippen LogP contribution in [0.15, 0.2) is 59.1 Å². The van der Waals surface area contributed by atoms with Gasteiger partial charge in [0.15, 0.2) is 5.76 Å². The maximum absolute atomic E-state index is 12.4. The Labute approximate surface area is 147 Å². The molecule has 0 spiro atoms. The van der Waals surface area contributed by atoms with Crippen LogP contribution in [0.5, 0.6) is 0 Å². The summed E-state index contributed by atoms with van der Waals surface area (Å²) in [6.45, 7) is 4.81. The van der Waals surface area contributed by atoms with E-state index < -0.39 is 0 Å². The highest BCUT2D eigenvalue weighted by molar-refractivity contribution is 6.00. The van der Waals surface area contributed by atoms with Crippen molar-refractivity contribution in [3.05, 3.63) is 65.9 Å². The molecule has 1 aromatic heterocycles. The van der Waals surface area contributed by atoms with Crippen molar-refractivity contribution in [3.8, 4) is 22.8 Å². The minimum absolute atomic E-state index is 0.0980. The number of oxazole rings is 1. The summed E-state index contributed by atoms with van der Waals surface area (Å²) in [4.78, 5) is 16.8. The van der Waals surface area contributed by atoms with Gasteiger partial charge in [-0.25, -0.2) is 4.98 Å². The van der Waals surface area contributed by atoms with Gasteiger partial charge in [-0.3, -0.25) is 4.79 Å². The Bertz CT molecular complexity index is 850. The van der Waals surface area contributed by atoms with E-state index in [1.165, 1.54) is 5.56 Å². The van der Waals surface area contributed by atoms with Crippen LogP contribution in [-0.4, -0.2) is 17.4 Å². The number of aromatic nitrogens is 1. The Morgan fingerprint density at radius 1 is 1.12 bits per heavy atom. The number of carbonyl (C=O) groups is 1. The lowest BCUT2D eigenvalue weighted by Gasteiger charge is -2.07. The van der Waals surface area contributed by atoms with Gasteiger partial charge in [-0.2, -0.15) is 0 Å². The number of amides is 1. The average molecular weight is 334 g/mol. The van der Waals surface area contributed by atoms with Gasteiger partial charge in [0.25, 0.3) is 5.91 Å². The molecule has 0 atom stereocenters. The molecule has 3 rings (SSSR count). The zero-order chi connectivity index (χ0) is 17.6. The lowest BCUT2D eigenvalue weighted by atomic mass is 10.1. The number of hydrogen-bond donors (Lipinski definition) is 1. The monoisotopic (exact) mass is 334 g/mol. The van der Waals surface area contributed by atoms with Crippen LogP contribution in [0, 0.1) is 6.92 Å². The average Bonchev–Trinajstić information content (AvgIpc) is 3.12. The van der Waals surface area contributed by atoms with Crippen molar-refractivity contribution in [2.24, 2.45) is 0 Å². The summed E-state index contributed by atoms with van der Waals surface area (Å²) in [6, 6.07) is 15.5. The first-order valence-electron chi connectivity index (χ1n) is 8.59. The second kappa shape index (κ2) is 7.79. The minimum Gasteiger partial charge on any atom is -0.436 e. The summed E-state index contributed by atoms with van der Waals surface area (Å²) >= 11 is 0. The highest BCUT2D eigenvalue weighted by Gasteiger charge is 2.16. The molecule has 0 fully saturated rings. The van der Waals surface area contributed by atoms with Crippen LogP contribution >= 0.6 is 0 Å². The van der Waals surface area contributed by atoms with Gasteiger partial charge in [0, 0.05) is 17.7 Å². The first kappa shape index (κ1) is 17.0. The van der Waals surface area contributed by atoms with E-state index >= 15 is 0 Å². The van der Waals surface area contributed by atoms with Gasteiger partial charge >= 0.3 is 0 Å². The van der Waals surface area contributed by atoms with Crippen LogP contribution in [0.2, 0.25) is 0 Å². The van der Waals surface area contributed by atoms with Crippen LogP contribution in [0.1, 0.15) is 35.7 Å². The van der Waals surface area contributed by atoms with Gasteiger partial charge in [-0.05, 0) is 25.5 Å². The first-order valence-corrected chi connectivity index (χ1v) is 8.59. The SMILES string of the molecule is CCCCNC(=O)c1ccccc1-c1ncc(-c2ccc(C)cc2)o1. The van der Waals surface area contributed by atoms with Crippen molar-refractivity contribution in [2.75, 3.05) is 6.54 Å². The molecule has 128 valence electrons. The minimum atomic E-state index is -0.0980. The Kier molecular flexibility index (Phi) is 5.29. The maximum atomic E-state index is 12.4. The third-order valence-electron chi connectivity index (χ3n) is 4.06. The van der Waals surface area contributed by atoms with E-state index in [1.54, 1.807) is 12.3 Å². The summed E-state index contributed by atoms with van der Waals surface area (Å²) < 4.78 is 5.92. The highest BCUT2D eigenvalue weighted by atomic mass is 16.4. The quantitative estimate of drug-likeness (QED) is 0.656. The molecule has 1 heterocycles. The molecule has 0 saturated heterocycles. The summed E-state index contributed by atoms with van der Waals surface area (Å²) in [7, 11) is 0. The molecule has 4 nitrogen and oxygen atoms in total. The molecular formula is C21H22N2O2. The van der Waals surface area contributed by atoms with E-state index in [0.29, 0.717) is 29.3 Å². The smallest absolute Gasteiger partial charge is 0.252 e. The molecule has 25 heavy (non-hydrogen) atoms. The molecule has 1 amide bonds. The van der Waals surface area contributed by atoms with E-state index in [-0.39, 0.29) is 5.91 Å². The lowest BCUT2D eigenvalue weighted by Crippen LogP contribution is -2.24. The molecule has 2 aromatic carbocycles. The van der Waals surface area contributed by atoms with Crippen LogP contribution in [0.3, 0.4) is 0 Å². The third-order valence-corrected chi connectivity index (χ3v) is 4.06. The Hall–Kier alpha value is -2.88. The molecule has 0 saturated carbocycles. The Morgan fingerprint density at radius 3 is 2.64 bits per heavy atom. The second-order valence-electron chi connectivity index (χ2n) is 6.05. The molecule has 0 aliphatic carbocycles. The van der Waals surface area contributed by atoms with E-state index in [9.17, 15) is 4.79 Å². The molecular weight excluding hydrogens is 312 g/mol. The van der Waals surface area contributed by atoms with Crippen LogP contribution in [0.4, 0.5) is 0 Å². The number of unbranched alkanes of at least 4 members (excludes halogenated alkanes) is 1. The molecule has 0 aliphatic rings. The summed E-state index contributed by atoms with van der Waals surface area (Å²) in [5, 5.41) is 2.95. The van der Waals surface area contributed by atoms with E-state index in [1.807, 2.05) is 49.4 Å². The normalized spacial score (nSPS) is 10.6. The fourth-order valence-electron chi connectivity index (χ4n) is 2.59. The number of aryl methyl sites for hydroxylation is 1. The summed E-state index contributed by atoms with van der Waals surface area (Å²) in [5.41, 5.74) is 3.44. The van der Waals surface area contributed by atoms with Gasteiger partial charge in [-0.1, -0.05) is 55.3 Å². The van der Waals surface area contributed by atoms with Crippen LogP contribution in [0.25, 0.3) is 22.8 Å². The van der Waals surface area contributed by atoms with Gasteiger partial charge in [0.2, 0.25) is 5.89 Å². The molecule has 0 unspecified atom stereocenters. The third kappa shape index (κ3) is 3.97. The molecule has 0 radical (unpaired) electrons. The van der Waals surface area contributed by atoms with Crippen molar-refractivity contribution in [1.82, 2.24) is 10.3 Å². The fraction of sp³-hybridized carbons (Fsp3) is 0.238. The highest BCUT2D eigenvalue weighted by Crippen LogP contribution is 2.28. The van der Waals surface area contributed by atoms with Gasteiger partial charge in [0.1, 0.15) is 0 Å². The molecule has 1 N–H and O–H groups in total. The standard InChI is InChI=1S/C21H22N2O2/c1-3-4-13-22-20(24)17-7-5-6-8-18(17)21-23-14-19(25-21)16-11-9-15(2)10-12-16/h5-12,14H,3-4,13H2,1-2H3,(H,22,24). The predicted octanol–water partition coefficient (Wildman–Crippen LogP) is 4.85. The van der Waals surface area contributed by atoms with Crippen LogP contribution < -0.4 is 5.32 Å². The number of rotatable bonds is 6. The van der Waals surface area contributed by atoms with Crippen LogP contribution in [-0.2, 0) is 0 Å². The first-order chi connectivity index (χ1) is 12.2. The van der Waals surface area contributed by atoms with Gasteiger partial charge in [-0.15, -0.1) is 0 Å². The predicted molar refractivity (Wildman–Crippen MR) is 99.4 cm³/mol. The van der Waals surface area contributed by atoms with E-state index in [2.05, 4.69) is 17.2 Å². The molecule has 3 aromatic rings. The zero-order valence-corrected chi connectivity index (χ0v) is 14.6.